The number of benzene rings is 1. The molecule has 152 valence electrons. The molecule has 3 N–H and O–H groups in total. The lowest BCUT2D eigenvalue weighted by Crippen LogP contribution is -2.50. The van der Waals surface area contributed by atoms with Crippen molar-refractivity contribution in [2.45, 2.75) is 38.3 Å². The van der Waals surface area contributed by atoms with E-state index < -0.39 is 0 Å². The van der Waals surface area contributed by atoms with Gasteiger partial charge in [0.2, 0.25) is 11.8 Å². The summed E-state index contributed by atoms with van der Waals surface area (Å²) < 4.78 is 0. The van der Waals surface area contributed by atoms with Crippen LogP contribution in [0.2, 0.25) is 0 Å². The van der Waals surface area contributed by atoms with Gasteiger partial charge in [0.25, 0.3) is 0 Å². The van der Waals surface area contributed by atoms with Crippen LogP contribution in [0.4, 0.5) is 5.69 Å². The Morgan fingerprint density at radius 3 is 2.83 bits per heavy atom. The lowest BCUT2D eigenvalue weighted by molar-refractivity contribution is -0.136. The minimum absolute atomic E-state index is 0.0115. The van der Waals surface area contributed by atoms with Crippen LogP contribution in [-0.4, -0.2) is 40.8 Å². The average molecular weight is 393 g/mol. The van der Waals surface area contributed by atoms with E-state index in [1.54, 1.807) is 6.20 Å². The molecule has 2 amide bonds. The summed E-state index contributed by atoms with van der Waals surface area (Å²) in [6.07, 6.45) is 5.87. The largest absolute Gasteiger partial charge is 0.341 e. The predicted octanol–water partition coefficient (Wildman–Crippen LogP) is 2.17. The van der Waals surface area contributed by atoms with E-state index in [9.17, 15) is 9.59 Å². The topological polar surface area (TPSA) is 86.4 Å². The van der Waals surface area contributed by atoms with E-state index in [0.717, 1.165) is 29.7 Å². The van der Waals surface area contributed by atoms with Crippen molar-refractivity contribution in [2.75, 3.05) is 18.4 Å². The molecule has 2 aromatic rings. The van der Waals surface area contributed by atoms with Crippen molar-refractivity contribution >= 4 is 17.5 Å². The number of nitrogens with zero attached hydrogens (tertiary/aromatic N) is 2. The Bertz CT molecular complexity index is 873. The molecule has 0 bridgehead atoms. The molecule has 2 aliphatic rings. The van der Waals surface area contributed by atoms with Gasteiger partial charge in [0, 0.05) is 37.2 Å². The van der Waals surface area contributed by atoms with Crippen molar-refractivity contribution in [3.8, 4) is 0 Å². The van der Waals surface area contributed by atoms with E-state index in [0.29, 0.717) is 19.5 Å². The number of pyridine rings is 1. The van der Waals surface area contributed by atoms with E-state index in [1.165, 1.54) is 0 Å². The maximum atomic E-state index is 13.0. The number of anilines is 1. The second-order valence-corrected chi connectivity index (χ2v) is 7.84. The Balaban J connectivity index is 1.35. The van der Waals surface area contributed by atoms with Crippen LogP contribution in [-0.2, 0) is 9.59 Å². The van der Waals surface area contributed by atoms with E-state index in [-0.39, 0.29) is 29.8 Å². The van der Waals surface area contributed by atoms with Crippen molar-refractivity contribution in [1.29, 1.82) is 0 Å². The average Bonchev–Trinajstić information content (AvgIpc) is 3.26. The first-order valence-corrected chi connectivity index (χ1v) is 10.2. The Hall–Kier alpha value is -2.77. The molecular weight excluding hydrogens is 366 g/mol. The molecule has 3 unspecified atom stereocenters. The van der Waals surface area contributed by atoms with Crippen LogP contribution in [0.1, 0.15) is 36.4 Å². The van der Waals surface area contributed by atoms with Gasteiger partial charge in [0.1, 0.15) is 6.04 Å². The molecule has 3 atom stereocenters. The maximum absolute atomic E-state index is 13.0. The van der Waals surface area contributed by atoms with Gasteiger partial charge in [0.15, 0.2) is 0 Å². The molecule has 0 aliphatic carbocycles. The molecule has 2 aliphatic heterocycles. The standard InChI is InChI=1S/C22H27N5O2/c1-15-6-2-3-9-18(15)24-21(28)17-8-5-11-27(14-17)22(29)20-12-19(25-26-20)16-7-4-10-23-13-16/h2-4,6-7,9-10,13,17,19-20,25-26H,5,8,11-12,14H2,1H3,(H,24,28). The van der Waals surface area contributed by atoms with Crippen LogP contribution >= 0.6 is 0 Å². The first-order valence-electron chi connectivity index (χ1n) is 10.2. The SMILES string of the molecule is Cc1ccccc1NC(=O)C1CCCN(C(=O)C2CC(c3cccnc3)NN2)C1. The third-order valence-electron chi connectivity index (χ3n) is 5.79. The molecule has 0 radical (unpaired) electrons. The smallest absolute Gasteiger partial charge is 0.241 e. The number of piperidine rings is 1. The van der Waals surface area contributed by atoms with E-state index >= 15 is 0 Å². The molecule has 7 heteroatoms. The number of para-hydroxylation sites is 1. The molecular formula is C22H27N5O2. The van der Waals surface area contributed by atoms with Gasteiger partial charge in [-0.25, -0.2) is 10.9 Å². The van der Waals surface area contributed by atoms with Crippen LogP contribution in [0, 0.1) is 12.8 Å². The van der Waals surface area contributed by atoms with Gasteiger partial charge < -0.3 is 10.2 Å². The Labute approximate surface area is 170 Å². The number of rotatable bonds is 4. The number of hydrazine groups is 1. The highest BCUT2D eigenvalue weighted by Gasteiger charge is 2.36. The molecule has 3 heterocycles. The number of carbonyl (C=O) groups excluding carboxylic acids is 2. The molecule has 4 rings (SSSR count). The fourth-order valence-electron chi connectivity index (χ4n) is 4.08. The number of likely N-dealkylation sites (tertiary alicyclic amines) is 1. The minimum atomic E-state index is -0.293. The van der Waals surface area contributed by atoms with Crippen molar-refractivity contribution in [1.82, 2.24) is 20.7 Å². The van der Waals surface area contributed by atoms with Gasteiger partial charge in [-0.15, -0.1) is 0 Å². The fourth-order valence-corrected chi connectivity index (χ4v) is 4.08. The number of aromatic nitrogens is 1. The Morgan fingerprint density at radius 2 is 2.03 bits per heavy atom. The highest BCUT2D eigenvalue weighted by Crippen LogP contribution is 2.25. The summed E-state index contributed by atoms with van der Waals surface area (Å²) >= 11 is 0. The lowest BCUT2D eigenvalue weighted by atomic mass is 9.95. The summed E-state index contributed by atoms with van der Waals surface area (Å²) in [5.41, 5.74) is 9.25. The maximum Gasteiger partial charge on any atom is 0.241 e. The third kappa shape index (κ3) is 4.46. The zero-order chi connectivity index (χ0) is 20.2. The highest BCUT2D eigenvalue weighted by molar-refractivity contribution is 5.94. The van der Waals surface area contributed by atoms with Crippen LogP contribution in [0.3, 0.4) is 0 Å². The Morgan fingerprint density at radius 1 is 1.17 bits per heavy atom. The summed E-state index contributed by atoms with van der Waals surface area (Å²) in [6.45, 7) is 3.14. The second kappa shape index (κ2) is 8.71. The molecule has 0 saturated carbocycles. The van der Waals surface area contributed by atoms with Gasteiger partial charge in [-0.3, -0.25) is 14.6 Å². The highest BCUT2D eigenvalue weighted by atomic mass is 16.2. The van der Waals surface area contributed by atoms with E-state index in [4.69, 9.17) is 0 Å². The monoisotopic (exact) mass is 393 g/mol. The van der Waals surface area contributed by atoms with Gasteiger partial charge in [-0.2, -0.15) is 0 Å². The normalized spacial score (nSPS) is 24.3. The zero-order valence-electron chi connectivity index (χ0n) is 16.6. The minimum Gasteiger partial charge on any atom is -0.341 e. The summed E-state index contributed by atoms with van der Waals surface area (Å²) in [5.74, 6) is -0.143. The quantitative estimate of drug-likeness (QED) is 0.741. The molecule has 1 aromatic heterocycles. The van der Waals surface area contributed by atoms with Crippen molar-refractivity contribution in [2.24, 2.45) is 5.92 Å². The van der Waals surface area contributed by atoms with Gasteiger partial charge in [0.05, 0.1) is 5.92 Å². The van der Waals surface area contributed by atoms with Crippen LogP contribution < -0.4 is 16.2 Å². The lowest BCUT2D eigenvalue weighted by Gasteiger charge is -2.33. The summed E-state index contributed by atoms with van der Waals surface area (Å²) in [5, 5.41) is 3.03. The molecule has 0 spiro atoms. The van der Waals surface area contributed by atoms with E-state index in [1.807, 2.05) is 54.4 Å². The molecule has 1 aromatic carbocycles. The van der Waals surface area contributed by atoms with Crippen molar-refractivity contribution in [3.63, 3.8) is 0 Å². The number of amides is 2. The van der Waals surface area contributed by atoms with Crippen LogP contribution in [0.5, 0.6) is 0 Å². The number of nitrogens with one attached hydrogen (secondary N) is 3. The number of carbonyl (C=O) groups is 2. The molecule has 2 saturated heterocycles. The first-order chi connectivity index (χ1) is 14.1. The number of hydrogen-bond acceptors (Lipinski definition) is 5. The third-order valence-corrected chi connectivity index (χ3v) is 5.79. The zero-order valence-corrected chi connectivity index (χ0v) is 16.6. The second-order valence-electron chi connectivity index (χ2n) is 7.84. The van der Waals surface area contributed by atoms with Crippen LogP contribution in [0.15, 0.2) is 48.8 Å². The summed E-state index contributed by atoms with van der Waals surface area (Å²) in [7, 11) is 0. The van der Waals surface area contributed by atoms with Crippen molar-refractivity contribution < 1.29 is 9.59 Å². The number of aryl methyl sites for hydroxylation is 1. The molecule has 29 heavy (non-hydrogen) atoms. The van der Waals surface area contributed by atoms with E-state index in [2.05, 4.69) is 21.2 Å². The van der Waals surface area contributed by atoms with Crippen molar-refractivity contribution in [3.05, 3.63) is 59.9 Å². The van der Waals surface area contributed by atoms with Gasteiger partial charge in [-0.05, 0) is 49.4 Å². The van der Waals surface area contributed by atoms with Crippen LogP contribution in [0.25, 0.3) is 0 Å². The predicted molar refractivity (Wildman–Crippen MR) is 111 cm³/mol. The van der Waals surface area contributed by atoms with Gasteiger partial charge >= 0.3 is 0 Å². The number of hydrogen-bond donors (Lipinski definition) is 3. The summed E-state index contributed by atoms with van der Waals surface area (Å²) in [6, 6.07) is 11.4. The summed E-state index contributed by atoms with van der Waals surface area (Å²) in [4.78, 5) is 31.8. The fraction of sp³-hybridized carbons (Fsp3) is 0.409. The van der Waals surface area contributed by atoms with Gasteiger partial charge in [-0.1, -0.05) is 24.3 Å². The molecule has 2 fully saturated rings. The Kier molecular flexibility index (Phi) is 5.87. The first kappa shape index (κ1) is 19.5. The molecule has 7 nitrogen and oxygen atoms in total.